The molecule has 0 aromatic heterocycles. The lowest BCUT2D eigenvalue weighted by atomic mass is 9.99. The Morgan fingerprint density at radius 3 is 2.59 bits per heavy atom. The average molecular weight is 405 g/mol. The van der Waals surface area contributed by atoms with E-state index in [2.05, 4.69) is 34.2 Å². The number of nitrogens with one attached hydrogen (secondary N) is 1. The Morgan fingerprint density at radius 1 is 1.14 bits per heavy atom. The first-order chi connectivity index (χ1) is 14.2. The van der Waals surface area contributed by atoms with Gasteiger partial charge in [-0.15, -0.1) is 0 Å². The quantitative estimate of drug-likeness (QED) is 0.528. The number of guanidine groups is 1. The highest BCUT2D eigenvalue weighted by atomic mass is 16.5. The smallest absolute Gasteiger partial charge is 0.193 e. The van der Waals surface area contributed by atoms with Crippen LogP contribution in [0.3, 0.4) is 0 Å². The number of nitrogens with zero attached hydrogens (tertiary/aromatic N) is 3. The van der Waals surface area contributed by atoms with Crippen molar-refractivity contribution in [1.82, 2.24) is 15.1 Å². The molecule has 1 saturated heterocycles. The topological polar surface area (TPSA) is 58.6 Å². The molecule has 1 aromatic carbocycles. The number of fused-ring (bicyclic) bond motifs is 1. The van der Waals surface area contributed by atoms with Gasteiger partial charge in [0.05, 0.1) is 27.4 Å². The summed E-state index contributed by atoms with van der Waals surface area (Å²) in [5, 5.41) is 3.45. The minimum absolute atomic E-state index is 0.606. The van der Waals surface area contributed by atoms with Gasteiger partial charge in [-0.3, -0.25) is 9.89 Å². The van der Waals surface area contributed by atoms with E-state index in [1.54, 1.807) is 21.3 Å². The van der Waals surface area contributed by atoms with Crippen molar-refractivity contribution >= 4 is 5.96 Å². The molecular formula is C22H36N4O3. The van der Waals surface area contributed by atoms with Gasteiger partial charge >= 0.3 is 0 Å². The van der Waals surface area contributed by atoms with Crippen LogP contribution in [-0.2, 0) is 17.7 Å². The maximum atomic E-state index is 5.47. The van der Waals surface area contributed by atoms with Crippen LogP contribution < -0.4 is 14.8 Å². The van der Waals surface area contributed by atoms with E-state index in [-0.39, 0.29) is 0 Å². The van der Waals surface area contributed by atoms with Gasteiger partial charge in [0.2, 0.25) is 0 Å². The molecule has 0 bridgehead atoms. The fourth-order valence-electron chi connectivity index (χ4n) is 4.25. The highest BCUT2D eigenvalue weighted by Crippen LogP contribution is 2.33. The standard InChI is InChI=1S/C22H36N4O3/c1-5-23-22(26-10-6-17(14-26)16-27-2)24-8-11-25-9-7-18-12-20(28-3)21(29-4)13-19(18)15-25/h12-13,17H,5-11,14-16H2,1-4H3,(H,23,24). The fraction of sp³-hybridized carbons (Fsp3) is 0.682. The second-order valence-corrected chi connectivity index (χ2v) is 7.79. The van der Waals surface area contributed by atoms with Gasteiger partial charge in [-0.2, -0.15) is 0 Å². The summed E-state index contributed by atoms with van der Waals surface area (Å²) in [4.78, 5) is 9.75. The third kappa shape index (κ3) is 5.54. The molecule has 0 amide bonds. The van der Waals surface area contributed by atoms with E-state index in [1.807, 2.05) is 0 Å². The van der Waals surface area contributed by atoms with Crippen molar-refractivity contribution in [2.24, 2.45) is 10.9 Å². The molecule has 1 N–H and O–H groups in total. The Morgan fingerprint density at radius 2 is 1.90 bits per heavy atom. The molecule has 7 nitrogen and oxygen atoms in total. The molecule has 29 heavy (non-hydrogen) atoms. The van der Waals surface area contributed by atoms with Crippen LogP contribution in [0.25, 0.3) is 0 Å². The average Bonchev–Trinajstić information content (AvgIpc) is 3.20. The van der Waals surface area contributed by atoms with Crippen molar-refractivity contribution in [3.05, 3.63) is 23.3 Å². The number of hydrogen-bond acceptors (Lipinski definition) is 5. The van der Waals surface area contributed by atoms with E-state index in [9.17, 15) is 0 Å². The van der Waals surface area contributed by atoms with Gasteiger partial charge in [0, 0.05) is 52.3 Å². The Balaban J connectivity index is 1.56. The van der Waals surface area contributed by atoms with Gasteiger partial charge in [0.25, 0.3) is 0 Å². The van der Waals surface area contributed by atoms with Crippen LogP contribution in [0.1, 0.15) is 24.5 Å². The minimum atomic E-state index is 0.606. The van der Waals surface area contributed by atoms with Gasteiger partial charge in [0.1, 0.15) is 0 Å². The number of aliphatic imine (C=N–C) groups is 1. The number of hydrogen-bond donors (Lipinski definition) is 1. The normalized spacial score (nSPS) is 19.9. The molecule has 2 aliphatic rings. The Hall–Kier alpha value is -1.99. The summed E-state index contributed by atoms with van der Waals surface area (Å²) in [6.45, 7) is 9.67. The first kappa shape index (κ1) is 21.7. The molecular weight excluding hydrogens is 368 g/mol. The molecule has 2 heterocycles. The summed E-state index contributed by atoms with van der Waals surface area (Å²) in [7, 11) is 5.17. The molecule has 0 saturated carbocycles. The molecule has 1 atom stereocenters. The summed E-state index contributed by atoms with van der Waals surface area (Å²) in [5.41, 5.74) is 2.68. The van der Waals surface area contributed by atoms with Crippen molar-refractivity contribution < 1.29 is 14.2 Å². The molecule has 7 heteroatoms. The van der Waals surface area contributed by atoms with Crippen LogP contribution in [0.15, 0.2) is 17.1 Å². The highest BCUT2D eigenvalue weighted by Gasteiger charge is 2.25. The van der Waals surface area contributed by atoms with Gasteiger partial charge in [0.15, 0.2) is 17.5 Å². The van der Waals surface area contributed by atoms with Crippen LogP contribution in [-0.4, -0.2) is 83.0 Å². The van der Waals surface area contributed by atoms with Crippen LogP contribution in [0.5, 0.6) is 11.5 Å². The third-order valence-corrected chi connectivity index (χ3v) is 5.80. The molecule has 0 radical (unpaired) electrons. The summed E-state index contributed by atoms with van der Waals surface area (Å²) in [6.07, 6.45) is 2.21. The summed E-state index contributed by atoms with van der Waals surface area (Å²) < 4.78 is 16.2. The van der Waals surface area contributed by atoms with Gasteiger partial charge in [-0.1, -0.05) is 0 Å². The maximum absolute atomic E-state index is 5.47. The first-order valence-electron chi connectivity index (χ1n) is 10.7. The zero-order chi connectivity index (χ0) is 20.6. The maximum Gasteiger partial charge on any atom is 0.193 e. The number of rotatable bonds is 8. The van der Waals surface area contributed by atoms with Crippen molar-refractivity contribution in [3.63, 3.8) is 0 Å². The van der Waals surface area contributed by atoms with E-state index >= 15 is 0 Å². The Bertz CT molecular complexity index is 695. The molecule has 1 unspecified atom stereocenters. The molecule has 1 fully saturated rings. The summed E-state index contributed by atoms with van der Waals surface area (Å²) in [6, 6.07) is 4.24. The van der Waals surface area contributed by atoms with Crippen LogP contribution in [0.4, 0.5) is 0 Å². The van der Waals surface area contributed by atoms with Crippen molar-refractivity contribution in [2.45, 2.75) is 26.3 Å². The lowest BCUT2D eigenvalue weighted by Gasteiger charge is -2.29. The minimum Gasteiger partial charge on any atom is -0.493 e. The molecule has 3 rings (SSSR count). The Labute approximate surface area is 175 Å². The summed E-state index contributed by atoms with van der Waals surface area (Å²) in [5.74, 6) is 3.27. The zero-order valence-electron chi connectivity index (χ0n) is 18.4. The lowest BCUT2D eigenvalue weighted by Crippen LogP contribution is -2.41. The van der Waals surface area contributed by atoms with Crippen molar-refractivity contribution in [1.29, 1.82) is 0 Å². The van der Waals surface area contributed by atoms with Crippen LogP contribution in [0.2, 0.25) is 0 Å². The second kappa shape index (κ2) is 10.7. The predicted molar refractivity (Wildman–Crippen MR) is 116 cm³/mol. The number of methoxy groups -OCH3 is 3. The second-order valence-electron chi connectivity index (χ2n) is 7.79. The third-order valence-electron chi connectivity index (χ3n) is 5.80. The SMILES string of the molecule is CCNC(=NCCN1CCc2cc(OC)c(OC)cc2C1)N1CCC(COC)C1. The lowest BCUT2D eigenvalue weighted by molar-refractivity contribution is 0.157. The van der Waals surface area contributed by atoms with Crippen molar-refractivity contribution in [3.8, 4) is 11.5 Å². The molecule has 1 aromatic rings. The van der Waals surface area contributed by atoms with E-state index < -0.39 is 0 Å². The summed E-state index contributed by atoms with van der Waals surface area (Å²) >= 11 is 0. The van der Waals surface area contributed by atoms with Gasteiger partial charge in [-0.05, 0) is 43.0 Å². The van der Waals surface area contributed by atoms with E-state index in [0.717, 1.165) is 76.3 Å². The van der Waals surface area contributed by atoms with Crippen molar-refractivity contribution in [2.75, 3.05) is 67.2 Å². The van der Waals surface area contributed by atoms with E-state index in [1.165, 1.54) is 17.5 Å². The molecule has 2 aliphatic heterocycles. The van der Waals surface area contributed by atoms with E-state index in [4.69, 9.17) is 19.2 Å². The molecule has 162 valence electrons. The van der Waals surface area contributed by atoms with E-state index in [0.29, 0.717) is 5.92 Å². The largest absolute Gasteiger partial charge is 0.493 e. The Kier molecular flexibility index (Phi) is 8.00. The first-order valence-corrected chi connectivity index (χ1v) is 10.7. The number of ether oxygens (including phenoxy) is 3. The monoisotopic (exact) mass is 404 g/mol. The predicted octanol–water partition coefficient (Wildman–Crippen LogP) is 2.00. The van der Waals surface area contributed by atoms with Gasteiger partial charge in [-0.25, -0.2) is 0 Å². The molecule has 0 aliphatic carbocycles. The number of benzene rings is 1. The highest BCUT2D eigenvalue weighted by molar-refractivity contribution is 5.80. The van der Waals surface area contributed by atoms with Crippen LogP contribution >= 0.6 is 0 Å². The van der Waals surface area contributed by atoms with Crippen LogP contribution in [0, 0.1) is 5.92 Å². The zero-order valence-corrected chi connectivity index (χ0v) is 18.4. The molecule has 0 spiro atoms. The number of likely N-dealkylation sites (tertiary alicyclic amines) is 1. The van der Waals surface area contributed by atoms with Gasteiger partial charge < -0.3 is 24.4 Å². The fourth-order valence-corrected chi connectivity index (χ4v) is 4.25.